The summed E-state index contributed by atoms with van der Waals surface area (Å²) in [5.41, 5.74) is 3.61. The van der Waals surface area contributed by atoms with Crippen LogP contribution in [0.4, 0.5) is 4.39 Å². The maximum atomic E-state index is 13.3. The standard InChI is InChI=1S/C18H21ClFN/c1-3-21-12-16(15-7-4-13(2)5-8-15)10-14-6-9-18(20)17(19)11-14/h4-9,11,16,21H,3,10,12H2,1-2H3. The summed E-state index contributed by atoms with van der Waals surface area (Å²) < 4.78 is 13.3. The predicted octanol–water partition coefficient (Wildman–Crippen LogP) is 4.72. The first-order chi connectivity index (χ1) is 10.1. The third-order valence-corrected chi connectivity index (χ3v) is 3.95. The first-order valence-corrected chi connectivity index (χ1v) is 7.69. The second-order valence-electron chi connectivity index (χ2n) is 5.37. The van der Waals surface area contributed by atoms with E-state index in [1.165, 1.54) is 17.2 Å². The molecule has 0 amide bonds. The first-order valence-electron chi connectivity index (χ1n) is 7.31. The van der Waals surface area contributed by atoms with Gasteiger partial charge in [0.05, 0.1) is 5.02 Å². The van der Waals surface area contributed by atoms with Crippen LogP contribution < -0.4 is 5.32 Å². The van der Waals surface area contributed by atoms with E-state index in [0.717, 1.165) is 25.1 Å². The highest BCUT2D eigenvalue weighted by Crippen LogP contribution is 2.24. The molecule has 112 valence electrons. The third kappa shape index (κ3) is 4.55. The minimum atomic E-state index is -0.362. The third-order valence-electron chi connectivity index (χ3n) is 3.66. The number of hydrogen-bond donors (Lipinski definition) is 1. The lowest BCUT2D eigenvalue weighted by Gasteiger charge is -2.18. The molecule has 2 aromatic rings. The van der Waals surface area contributed by atoms with Gasteiger partial charge in [-0.1, -0.05) is 54.4 Å². The minimum Gasteiger partial charge on any atom is -0.316 e. The molecule has 0 aliphatic rings. The van der Waals surface area contributed by atoms with Gasteiger partial charge in [-0.05, 0) is 43.1 Å². The zero-order valence-electron chi connectivity index (χ0n) is 12.5. The van der Waals surface area contributed by atoms with Crippen LogP contribution in [0.5, 0.6) is 0 Å². The van der Waals surface area contributed by atoms with Gasteiger partial charge in [-0.25, -0.2) is 4.39 Å². The highest BCUT2D eigenvalue weighted by atomic mass is 35.5. The molecule has 2 aromatic carbocycles. The Morgan fingerprint density at radius 3 is 2.48 bits per heavy atom. The van der Waals surface area contributed by atoms with Crippen LogP contribution in [0.15, 0.2) is 42.5 Å². The zero-order chi connectivity index (χ0) is 15.2. The van der Waals surface area contributed by atoms with Crippen molar-refractivity contribution in [3.63, 3.8) is 0 Å². The van der Waals surface area contributed by atoms with Crippen molar-refractivity contribution in [2.45, 2.75) is 26.2 Å². The topological polar surface area (TPSA) is 12.0 Å². The van der Waals surface area contributed by atoms with Crippen molar-refractivity contribution >= 4 is 11.6 Å². The molecule has 3 heteroatoms. The average Bonchev–Trinajstić information content (AvgIpc) is 2.48. The fourth-order valence-corrected chi connectivity index (χ4v) is 2.62. The van der Waals surface area contributed by atoms with Crippen molar-refractivity contribution in [3.8, 4) is 0 Å². The maximum Gasteiger partial charge on any atom is 0.141 e. The van der Waals surface area contributed by atoms with Gasteiger partial charge >= 0.3 is 0 Å². The molecule has 21 heavy (non-hydrogen) atoms. The molecule has 2 rings (SSSR count). The van der Waals surface area contributed by atoms with E-state index >= 15 is 0 Å². The van der Waals surface area contributed by atoms with E-state index in [1.54, 1.807) is 6.07 Å². The Morgan fingerprint density at radius 1 is 1.14 bits per heavy atom. The molecule has 1 N–H and O–H groups in total. The van der Waals surface area contributed by atoms with Gasteiger partial charge in [-0.3, -0.25) is 0 Å². The molecule has 0 saturated carbocycles. The van der Waals surface area contributed by atoms with Gasteiger partial charge < -0.3 is 5.32 Å². The summed E-state index contributed by atoms with van der Waals surface area (Å²) in [6.45, 7) is 6.02. The van der Waals surface area contributed by atoms with E-state index in [0.29, 0.717) is 5.92 Å². The van der Waals surface area contributed by atoms with Crippen molar-refractivity contribution in [1.29, 1.82) is 0 Å². The van der Waals surface area contributed by atoms with Crippen molar-refractivity contribution in [2.24, 2.45) is 0 Å². The number of halogens is 2. The summed E-state index contributed by atoms with van der Waals surface area (Å²) in [4.78, 5) is 0. The zero-order valence-corrected chi connectivity index (χ0v) is 13.3. The molecular weight excluding hydrogens is 285 g/mol. The van der Waals surface area contributed by atoms with Crippen molar-refractivity contribution in [1.82, 2.24) is 5.32 Å². The molecule has 0 aliphatic carbocycles. The van der Waals surface area contributed by atoms with Crippen LogP contribution in [0.1, 0.15) is 29.5 Å². The number of aryl methyl sites for hydroxylation is 1. The van der Waals surface area contributed by atoms with Crippen LogP contribution in [0.3, 0.4) is 0 Å². The number of hydrogen-bond acceptors (Lipinski definition) is 1. The molecule has 1 nitrogen and oxygen atoms in total. The van der Waals surface area contributed by atoms with E-state index < -0.39 is 0 Å². The van der Waals surface area contributed by atoms with Gasteiger partial charge in [0.15, 0.2) is 0 Å². The summed E-state index contributed by atoms with van der Waals surface area (Å²) >= 11 is 5.88. The Bertz CT molecular complexity index is 580. The Kier molecular flexibility index (Phi) is 5.77. The van der Waals surface area contributed by atoms with Gasteiger partial charge in [0.2, 0.25) is 0 Å². The molecule has 1 unspecified atom stereocenters. The monoisotopic (exact) mass is 305 g/mol. The van der Waals surface area contributed by atoms with Crippen LogP contribution in [0, 0.1) is 12.7 Å². The van der Waals surface area contributed by atoms with Crippen LogP contribution in [-0.2, 0) is 6.42 Å². The largest absolute Gasteiger partial charge is 0.316 e. The molecule has 0 heterocycles. The molecule has 0 spiro atoms. The lowest BCUT2D eigenvalue weighted by molar-refractivity contribution is 0.592. The average molecular weight is 306 g/mol. The van der Waals surface area contributed by atoms with Crippen molar-refractivity contribution < 1.29 is 4.39 Å². The van der Waals surface area contributed by atoms with Gasteiger partial charge in [-0.15, -0.1) is 0 Å². The minimum absolute atomic E-state index is 0.193. The second-order valence-corrected chi connectivity index (χ2v) is 5.78. The van der Waals surface area contributed by atoms with E-state index in [1.807, 2.05) is 6.07 Å². The Balaban J connectivity index is 2.19. The number of benzene rings is 2. The summed E-state index contributed by atoms with van der Waals surface area (Å²) in [7, 11) is 0. The van der Waals surface area contributed by atoms with Gasteiger partial charge in [-0.2, -0.15) is 0 Å². The smallest absolute Gasteiger partial charge is 0.141 e. The lowest BCUT2D eigenvalue weighted by Crippen LogP contribution is -2.22. The fraction of sp³-hybridized carbons (Fsp3) is 0.333. The number of nitrogens with one attached hydrogen (secondary N) is 1. The molecule has 0 fully saturated rings. The van der Waals surface area contributed by atoms with E-state index in [9.17, 15) is 4.39 Å². The summed E-state index contributed by atoms with van der Waals surface area (Å²) in [6.07, 6.45) is 0.843. The van der Waals surface area contributed by atoms with E-state index in [4.69, 9.17) is 11.6 Å². The van der Waals surface area contributed by atoms with Crippen molar-refractivity contribution in [3.05, 3.63) is 70.0 Å². The maximum absolute atomic E-state index is 13.3. The molecule has 0 saturated heterocycles. The van der Waals surface area contributed by atoms with Crippen LogP contribution in [-0.4, -0.2) is 13.1 Å². The first kappa shape index (κ1) is 16.0. The molecule has 0 bridgehead atoms. The Hall–Kier alpha value is -1.38. The van der Waals surface area contributed by atoms with E-state index in [2.05, 4.69) is 43.4 Å². The Labute approximate surface area is 131 Å². The van der Waals surface area contributed by atoms with Gasteiger partial charge in [0, 0.05) is 12.5 Å². The normalized spacial score (nSPS) is 12.4. The van der Waals surface area contributed by atoms with Gasteiger partial charge in [0.1, 0.15) is 5.82 Å². The quantitative estimate of drug-likeness (QED) is 0.814. The molecule has 0 aromatic heterocycles. The molecule has 0 radical (unpaired) electrons. The number of rotatable bonds is 6. The van der Waals surface area contributed by atoms with Crippen LogP contribution >= 0.6 is 11.6 Å². The Morgan fingerprint density at radius 2 is 1.86 bits per heavy atom. The summed E-state index contributed by atoms with van der Waals surface area (Å²) in [6, 6.07) is 13.6. The SMILES string of the molecule is CCNCC(Cc1ccc(F)c(Cl)c1)c1ccc(C)cc1. The van der Waals surface area contributed by atoms with Crippen molar-refractivity contribution in [2.75, 3.05) is 13.1 Å². The summed E-state index contributed by atoms with van der Waals surface area (Å²) in [5.74, 6) is -0.00827. The fourth-order valence-electron chi connectivity index (χ4n) is 2.42. The van der Waals surface area contributed by atoms with Crippen LogP contribution in [0.2, 0.25) is 5.02 Å². The lowest BCUT2D eigenvalue weighted by atomic mass is 9.91. The van der Waals surface area contributed by atoms with E-state index in [-0.39, 0.29) is 10.8 Å². The second kappa shape index (κ2) is 7.58. The number of likely N-dealkylation sites (N-methyl/N-ethyl adjacent to an activating group) is 1. The highest BCUT2D eigenvalue weighted by Gasteiger charge is 2.13. The molecular formula is C18H21ClFN. The molecule has 1 atom stereocenters. The predicted molar refractivity (Wildman–Crippen MR) is 87.6 cm³/mol. The van der Waals surface area contributed by atoms with Crippen LogP contribution in [0.25, 0.3) is 0 Å². The summed E-state index contributed by atoms with van der Waals surface area (Å²) in [5, 5.41) is 3.59. The van der Waals surface area contributed by atoms with Gasteiger partial charge in [0.25, 0.3) is 0 Å². The molecule has 0 aliphatic heterocycles. The highest BCUT2D eigenvalue weighted by molar-refractivity contribution is 6.30.